The van der Waals surface area contributed by atoms with Crippen molar-refractivity contribution < 1.29 is 54.1 Å². The minimum absolute atomic E-state index is 0. The van der Waals surface area contributed by atoms with Crippen LogP contribution in [0.25, 0.3) is 0 Å². The third-order valence-corrected chi connectivity index (χ3v) is 2.68. The summed E-state index contributed by atoms with van der Waals surface area (Å²) in [5.41, 5.74) is 0. The molecular formula is CFeO8P2. The van der Waals surface area contributed by atoms with Gasteiger partial charge < -0.3 is 14.4 Å². The van der Waals surface area contributed by atoms with Crippen molar-refractivity contribution in [3.05, 3.63) is 0 Å². The van der Waals surface area contributed by atoms with E-state index in [9.17, 15) is 18.9 Å². The summed E-state index contributed by atoms with van der Waals surface area (Å²) in [6.07, 6.45) is -2.34. The molecule has 0 unspecified atom stereocenters. The summed E-state index contributed by atoms with van der Waals surface area (Å²) in [7, 11) is -8.74. The molecule has 3 aliphatic rings. The standard InChI is InChI=1S/CH2O8P2.Fe/c2-10(3,4)6-1-7-11(5,8-1)9-1;/h(H2,2,3,4);/q;+2/p-2. The van der Waals surface area contributed by atoms with Gasteiger partial charge in [0.1, 0.15) is 0 Å². The monoisotopic (exact) mass is 258 g/mol. The van der Waals surface area contributed by atoms with E-state index in [4.69, 9.17) is 0 Å². The molecule has 8 nitrogen and oxygen atoms in total. The van der Waals surface area contributed by atoms with E-state index in [0.717, 1.165) is 0 Å². The summed E-state index contributed by atoms with van der Waals surface area (Å²) in [6, 6.07) is 0. The number of hydrogen-bond donors (Lipinski definition) is 0. The van der Waals surface area contributed by atoms with Gasteiger partial charge in [0.05, 0.1) is 7.82 Å². The Labute approximate surface area is 76.5 Å². The van der Waals surface area contributed by atoms with Gasteiger partial charge in [-0.25, -0.2) is 18.1 Å². The fourth-order valence-electron chi connectivity index (χ4n) is 0.618. The molecule has 0 aliphatic carbocycles. The second-order valence-electron chi connectivity index (χ2n) is 1.76. The number of hydrogen-bond acceptors (Lipinski definition) is 8. The average molecular weight is 258 g/mol. The fraction of sp³-hybridized carbons (Fsp3) is 1.00. The van der Waals surface area contributed by atoms with E-state index in [2.05, 4.69) is 18.1 Å². The van der Waals surface area contributed by atoms with E-state index in [1.807, 2.05) is 0 Å². The Kier molecular flexibility index (Phi) is 2.36. The van der Waals surface area contributed by atoms with Crippen LogP contribution < -0.4 is 9.79 Å². The summed E-state index contributed by atoms with van der Waals surface area (Å²) in [5, 5.41) is 0. The Balaban J connectivity index is 0.000000720. The van der Waals surface area contributed by atoms with E-state index < -0.39 is 21.8 Å². The summed E-state index contributed by atoms with van der Waals surface area (Å²) in [4.78, 5) is 19.8. The van der Waals surface area contributed by atoms with Gasteiger partial charge in [-0.1, -0.05) is 0 Å². The minimum Gasteiger partial charge on any atom is -0.790 e. The second-order valence-corrected chi connectivity index (χ2v) is 4.28. The Morgan fingerprint density at radius 1 is 1.33 bits per heavy atom. The molecule has 0 aromatic rings. The predicted molar refractivity (Wildman–Crippen MR) is 22.3 cm³/mol. The van der Waals surface area contributed by atoms with Crippen molar-refractivity contribution in [3.63, 3.8) is 0 Å². The topological polar surface area (TPSA) is 117 Å². The Morgan fingerprint density at radius 2 is 1.75 bits per heavy atom. The van der Waals surface area contributed by atoms with Crippen LogP contribution in [0.15, 0.2) is 0 Å². The molecule has 0 amide bonds. The van der Waals surface area contributed by atoms with E-state index in [0.29, 0.717) is 0 Å². The molecule has 3 saturated heterocycles. The molecule has 3 fully saturated rings. The third-order valence-electron chi connectivity index (χ3n) is 0.894. The van der Waals surface area contributed by atoms with Crippen molar-refractivity contribution in [2.24, 2.45) is 0 Å². The van der Waals surface area contributed by atoms with Crippen molar-refractivity contribution in [3.8, 4) is 0 Å². The average Bonchev–Trinajstić information content (AvgIpc) is 1.53. The van der Waals surface area contributed by atoms with Crippen LogP contribution in [0.2, 0.25) is 0 Å². The molecule has 3 rings (SSSR count). The Hall–Kier alpha value is 0.739. The molecule has 11 heteroatoms. The van der Waals surface area contributed by atoms with E-state index >= 15 is 0 Å². The summed E-state index contributed by atoms with van der Waals surface area (Å²) in [5.74, 6) is 0. The maximum Gasteiger partial charge on any atom is 2.00 e. The molecule has 0 N–H and O–H groups in total. The van der Waals surface area contributed by atoms with Gasteiger partial charge in [0.2, 0.25) is 0 Å². The molecule has 3 heterocycles. The quantitative estimate of drug-likeness (QED) is 0.439. The van der Waals surface area contributed by atoms with E-state index in [-0.39, 0.29) is 17.1 Å². The van der Waals surface area contributed by atoms with Crippen molar-refractivity contribution in [1.29, 1.82) is 0 Å². The van der Waals surface area contributed by atoms with Crippen LogP contribution >= 0.6 is 15.6 Å². The molecule has 70 valence electrons. The molecule has 0 radical (unpaired) electrons. The molecule has 0 spiro atoms. The molecule has 3 aliphatic heterocycles. The molecule has 0 atom stereocenters. The van der Waals surface area contributed by atoms with Gasteiger partial charge in [-0.15, -0.1) is 0 Å². The van der Waals surface area contributed by atoms with Gasteiger partial charge in [-0.05, 0) is 0 Å². The Morgan fingerprint density at radius 3 is 2.00 bits per heavy atom. The molecule has 0 aromatic heterocycles. The van der Waals surface area contributed by atoms with Gasteiger partial charge in [0, 0.05) is 0 Å². The first-order chi connectivity index (χ1) is 4.83. The van der Waals surface area contributed by atoms with Crippen LogP contribution in [0.3, 0.4) is 0 Å². The number of phosphoric acid groups is 2. The summed E-state index contributed by atoms with van der Waals surface area (Å²) >= 11 is 0. The van der Waals surface area contributed by atoms with Gasteiger partial charge >= 0.3 is 31.1 Å². The van der Waals surface area contributed by atoms with Crippen LogP contribution in [-0.4, -0.2) is 6.16 Å². The molecular weight excluding hydrogens is 258 g/mol. The molecule has 0 saturated carbocycles. The predicted octanol–water partition coefficient (Wildman–Crippen LogP) is -1.37. The van der Waals surface area contributed by atoms with Gasteiger partial charge in [-0.3, -0.25) is 4.52 Å². The van der Waals surface area contributed by atoms with Gasteiger partial charge in [-0.2, -0.15) is 0 Å². The maximum atomic E-state index is 10.4. The van der Waals surface area contributed by atoms with Crippen LogP contribution in [-0.2, 0) is 44.3 Å². The van der Waals surface area contributed by atoms with Crippen LogP contribution in [0.4, 0.5) is 0 Å². The third kappa shape index (κ3) is 1.66. The van der Waals surface area contributed by atoms with Crippen molar-refractivity contribution in [1.82, 2.24) is 0 Å². The molecule has 12 heavy (non-hydrogen) atoms. The number of phosphoric ester groups is 2. The normalized spacial score (nSPS) is 43.8. The van der Waals surface area contributed by atoms with Crippen LogP contribution in [0.1, 0.15) is 0 Å². The fourth-order valence-corrected chi connectivity index (χ4v) is 2.15. The van der Waals surface area contributed by atoms with Crippen LogP contribution in [0, 0.1) is 0 Å². The summed E-state index contributed by atoms with van der Waals surface area (Å²) < 4.78 is 36.2. The second kappa shape index (κ2) is 2.62. The Bertz CT molecular complexity index is 265. The molecule has 2 bridgehead atoms. The summed E-state index contributed by atoms with van der Waals surface area (Å²) in [6.45, 7) is 0. The first-order valence-corrected chi connectivity index (χ1v) is 5.20. The minimum atomic E-state index is -5.24. The first kappa shape index (κ1) is 10.8. The van der Waals surface area contributed by atoms with Crippen molar-refractivity contribution >= 4 is 15.6 Å². The number of rotatable bonds is 2. The zero-order valence-corrected chi connectivity index (χ0v) is 7.91. The SMILES string of the molecule is O=P([O-])([O-])OC12OP(=O)(O1)O2.[Fe+2]. The van der Waals surface area contributed by atoms with Crippen molar-refractivity contribution in [2.75, 3.05) is 0 Å². The molecule has 0 aromatic carbocycles. The van der Waals surface area contributed by atoms with Gasteiger partial charge in [0.15, 0.2) is 0 Å². The largest absolute Gasteiger partial charge is 2.00 e. The first-order valence-electron chi connectivity index (χ1n) is 2.28. The maximum absolute atomic E-state index is 10.4. The zero-order valence-electron chi connectivity index (χ0n) is 5.01. The van der Waals surface area contributed by atoms with Crippen LogP contribution in [0.5, 0.6) is 0 Å². The van der Waals surface area contributed by atoms with E-state index in [1.165, 1.54) is 0 Å². The van der Waals surface area contributed by atoms with Crippen molar-refractivity contribution in [2.45, 2.75) is 6.16 Å². The zero-order chi connectivity index (χ0) is 8.33. The van der Waals surface area contributed by atoms with E-state index in [1.54, 1.807) is 0 Å². The smallest absolute Gasteiger partial charge is 0.790 e. The van der Waals surface area contributed by atoms with Gasteiger partial charge in [0.25, 0.3) is 0 Å².